The van der Waals surface area contributed by atoms with Gasteiger partial charge in [-0.3, -0.25) is 4.90 Å². The lowest BCUT2D eigenvalue weighted by Gasteiger charge is -2.26. The molecule has 7 nitrogen and oxygen atoms in total. The van der Waals surface area contributed by atoms with Crippen molar-refractivity contribution in [1.29, 1.82) is 0 Å². The van der Waals surface area contributed by atoms with Crippen LogP contribution in [-0.4, -0.2) is 55.4 Å². The Morgan fingerprint density at radius 3 is 2.52 bits per heavy atom. The quantitative estimate of drug-likeness (QED) is 0.404. The van der Waals surface area contributed by atoms with E-state index in [0.717, 1.165) is 47.2 Å². The third-order valence-corrected chi connectivity index (χ3v) is 5.75. The number of rotatable bonds is 11. The van der Waals surface area contributed by atoms with E-state index in [1.54, 1.807) is 21.3 Å². The smallest absolute Gasteiger partial charge is 0.330 e. The zero-order chi connectivity index (χ0) is 22.2. The molecular formula is C23H29N3O4S. The molecule has 0 aliphatic rings. The van der Waals surface area contributed by atoms with Crippen molar-refractivity contribution >= 4 is 11.5 Å². The van der Waals surface area contributed by atoms with Crippen LogP contribution in [0.1, 0.15) is 18.9 Å². The highest BCUT2D eigenvalue weighted by atomic mass is 32.1. The molecule has 0 spiro atoms. The molecule has 1 heterocycles. The summed E-state index contributed by atoms with van der Waals surface area (Å²) in [5.74, 6) is 2.26. The van der Waals surface area contributed by atoms with E-state index < -0.39 is 0 Å². The lowest BCUT2D eigenvalue weighted by atomic mass is 10.1. The zero-order valence-corrected chi connectivity index (χ0v) is 19.4. The zero-order valence-electron chi connectivity index (χ0n) is 18.6. The van der Waals surface area contributed by atoms with Gasteiger partial charge < -0.3 is 18.9 Å². The average molecular weight is 444 g/mol. The van der Waals surface area contributed by atoms with Crippen molar-refractivity contribution in [1.82, 2.24) is 14.3 Å². The summed E-state index contributed by atoms with van der Waals surface area (Å²) in [7, 11) is 6.98. The Hall–Kier alpha value is -2.84. The van der Waals surface area contributed by atoms with Crippen molar-refractivity contribution in [2.24, 2.45) is 0 Å². The van der Waals surface area contributed by atoms with Gasteiger partial charge in [0, 0.05) is 12.1 Å². The van der Waals surface area contributed by atoms with Crippen LogP contribution in [0.25, 0.3) is 10.6 Å². The van der Waals surface area contributed by atoms with Gasteiger partial charge in [0.15, 0.2) is 17.7 Å². The Kier molecular flexibility index (Phi) is 8.08. The second kappa shape index (κ2) is 11.0. The van der Waals surface area contributed by atoms with Crippen LogP contribution in [0, 0.1) is 0 Å². The second-order valence-corrected chi connectivity index (χ2v) is 7.77. The van der Waals surface area contributed by atoms with Gasteiger partial charge in [0.1, 0.15) is 10.8 Å². The molecule has 2 aromatic carbocycles. The number of benzene rings is 2. The van der Waals surface area contributed by atoms with Crippen LogP contribution in [0.5, 0.6) is 23.3 Å². The van der Waals surface area contributed by atoms with E-state index in [9.17, 15) is 0 Å². The molecule has 0 aliphatic carbocycles. The molecule has 0 amide bonds. The van der Waals surface area contributed by atoms with Crippen LogP contribution >= 0.6 is 11.5 Å². The molecule has 0 saturated carbocycles. The summed E-state index contributed by atoms with van der Waals surface area (Å²) in [5, 5.41) is 0.803. The fourth-order valence-corrected chi connectivity index (χ4v) is 3.82. The van der Waals surface area contributed by atoms with Gasteiger partial charge >= 0.3 is 6.01 Å². The average Bonchev–Trinajstić information content (AvgIpc) is 3.29. The van der Waals surface area contributed by atoms with E-state index in [0.29, 0.717) is 6.01 Å². The molecule has 0 radical (unpaired) electrons. The Labute approximate surface area is 187 Å². The van der Waals surface area contributed by atoms with Crippen LogP contribution in [0.2, 0.25) is 0 Å². The largest absolute Gasteiger partial charge is 0.497 e. The van der Waals surface area contributed by atoms with Gasteiger partial charge in [0.05, 0.1) is 21.3 Å². The van der Waals surface area contributed by atoms with Crippen molar-refractivity contribution in [2.45, 2.75) is 26.0 Å². The first-order valence-corrected chi connectivity index (χ1v) is 10.9. The lowest BCUT2D eigenvalue weighted by Crippen LogP contribution is -2.37. The molecule has 1 unspecified atom stereocenters. The molecule has 31 heavy (non-hydrogen) atoms. The monoisotopic (exact) mass is 443 g/mol. The summed E-state index contributed by atoms with van der Waals surface area (Å²) < 4.78 is 26.5. The highest BCUT2D eigenvalue weighted by Crippen LogP contribution is 2.29. The van der Waals surface area contributed by atoms with Crippen molar-refractivity contribution in [2.75, 3.05) is 34.9 Å². The summed E-state index contributed by atoms with van der Waals surface area (Å²) in [5.41, 5.74) is 2.13. The van der Waals surface area contributed by atoms with Crippen molar-refractivity contribution in [3.8, 4) is 33.8 Å². The Morgan fingerprint density at radius 2 is 1.81 bits per heavy atom. The number of likely N-dealkylation sites (N-methyl/N-ethyl adjacent to an activating group) is 1. The first-order chi connectivity index (χ1) is 15.1. The van der Waals surface area contributed by atoms with Crippen LogP contribution in [0.3, 0.4) is 0 Å². The maximum absolute atomic E-state index is 6.09. The van der Waals surface area contributed by atoms with Crippen LogP contribution in [0.4, 0.5) is 0 Å². The number of ether oxygens (including phenoxy) is 4. The standard InChI is InChI=1S/C23H29N3O4S/c1-6-21(26(2)13-12-16-10-11-19(28-4)20(14-16)29-5)30-23-24-22(31-25-23)17-8-7-9-18(15-17)27-3/h7-11,14-15,21H,6,12-13H2,1-5H3. The molecule has 0 saturated heterocycles. The van der Waals surface area contributed by atoms with E-state index in [2.05, 4.69) is 27.2 Å². The number of methoxy groups -OCH3 is 3. The molecule has 8 heteroatoms. The summed E-state index contributed by atoms with van der Waals surface area (Å²) in [6.07, 6.45) is 1.56. The van der Waals surface area contributed by atoms with Gasteiger partial charge in [-0.05, 0) is 61.3 Å². The number of hydrogen-bond donors (Lipinski definition) is 0. The Morgan fingerprint density at radius 1 is 1.00 bits per heavy atom. The SMILES string of the molecule is CCC(Oc1nsc(-c2cccc(OC)c2)n1)N(C)CCc1ccc(OC)c(OC)c1. The third kappa shape index (κ3) is 5.86. The molecular weight excluding hydrogens is 414 g/mol. The molecule has 0 bridgehead atoms. The van der Waals surface area contributed by atoms with Gasteiger partial charge in [-0.25, -0.2) is 0 Å². The molecule has 0 aliphatic heterocycles. The van der Waals surface area contributed by atoms with Crippen molar-refractivity contribution in [3.05, 3.63) is 48.0 Å². The van der Waals surface area contributed by atoms with E-state index >= 15 is 0 Å². The Bertz CT molecular complexity index is 979. The second-order valence-electron chi connectivity index (χ2n) is 7.01. The Balaban J connectivity index is 1.61. The summed E-state index contributed by atoms with van der Waals surface area (Å²) in [6.45, 7) is 2.91. The summed E-state index contributed by atoms with van der Waals surface area (Å²) in [6, 6.07) is 14.2. The van der Waals surface area contributed by atoms with Crippen LogP contribution < -0.4 is 18.9 Å². The molecule has 1 atom stereocenters. The highest BCUT2D eigenvalue weighted by Gasteiger charge is 2.18. The normalized spacial score (nSPS) is 11.9. The van der Waals surface area contributed by atoms with Gasteiger partial charge in [-0.15, -0.1) is 4.37 Å². The summed E-state index contributed by atoms with van der Waals surface area (Å²) >= 11 is 1.32. The van der Waals surface area contributed by atoms with Crippen molar-refractivity contribution < 1.29 is 18.9 Å². The fourth-order valence-electron chi connectivity index (χ4n) is 3.22. The number of aromatic nitrogens is 2. The van der Waals surface area contributed by atoms with Gasteiger partial charge in [0.2, 0.25) is 0 Å². The minimum atomic E-state index is -0.118. The van der Waals surface area contributed by atoms with E-state index in [-0.39, 0.29) is 6.23 Å². The van der Waals surface area contributed by atoms with Gasteiger partial charge in [-0.1, -0.05) is 25.1 Å². The third-order valence-electron chi connectivity index (χ3n) is 5.01. The fraction of sp³-hybridized carbons (Fsp3) is 0.391. The molecule has 3 aromatic rings. The van der Waals surface area contributed by atoms with Crippen LogP contribution in [0.15, 0.2) is 42.5 Å². The minimum absolute atomic E-state index is 0.118. The predicted molar refractivity (Wildman–Crippen MR) is 122 cm³/mol. The first-order valence-electron chi connectivity index (χ1n) is 10.1. The number of hydrogen-bond acceptors (Lipinski definition) is 8. The lowest BCUT2D eigenvalue weighted by molar-refractivity contribution is 0.0359. The van der Waals surface area contributed by atoms with E-state index in [1.165, 1.54) is 17.1 Å². The van der Waals surface area contributed by atoms with E-state index in [4.69, 9.17) is 18.9 Å². The topological polar surface area (TPSA) is 65.9 Å². The van der Waals surface area contributed by atoms with E-state index in [1.807, 2.05) is 43.4 Å². The summed E-state index contributed by atoms with van der Waals surface area (Å²) in [4.78, 5) is 6.73. The van der Waals surface area contributed by atoms with Crippen molar-refractivity contribution in [3.63, 3.8) is 0 Å². The predicted octanol–water partition coefficient (Wildman–Crippen LogP) is 4.52. The van der Waals surface area contributed by atoms with Crippen LogP contribution in [-0.2, 0) is 6.42 Å². The molecule has 0 N–H and O–H groups in total. The minimum Gasteiger partial charge on any atom is -0.497 e. The molecule has 166 valence electrons. The molecule has 1 aromatic heterocycles. The van der Waals surface area contributed by atoms with Gasteiger partial charge in [-0.2, -0.15) is 4.98 Å². The highest BCUT2D eigenvalue weighted by molar-refractivity contribution is 7.09. The van der Waals surface area contributed by atoms with Gasteiger partial charge in [0.25, 0.3) is 0 Å². The first kappa shape index (κ1) is 22.8. The maximum Gasteiger partial charge on any atom is 0.330 e. The molecule has 0 fully saturated rings. The maximum atomic E-state index is 6.09. The number of nitrogens with zero attached hydrogens (tertiary/aromatic N) is 3. The molecule has 3 rings (SSSR count).